The first-order valence-corrected chi connectivity index (χ1v) is 10.1. The Bertz CT molecular complexity index is 945. The molecule has 0 bridgehead atoms. The van der Waals surface area contributed by atoms with Gasteiger partial charge in [0.1, 0.15) is 11.8 Å². The van der Waals surface area contributed by atoms with E-state index in [1.807, 2.05) is 13.8 Å². The number of phenols is 1. The maximum absolute atomic E-state index is 12.6. The van der Waals surface area contributed by atoms with E-state index in [1.54, 1.807) is 44.4 Å². The molecule has 1 unspecified atom stereocenters. The van der Waals surface area contributed by atoms with Crippen LogP contribution in [0.2, 0.25) is 5.02 Å². The molecule has 2 aromatic carbocycles. The Morgan fingerprint density at radius 1 is 1.23 bits per heavy atom. The molecule has 2 aromatic rings. The molecular weight excluding hydrogens is 422 g/mol. The molecule has 0 radical (unpaired) electrons. The van der Waals surface area contributed by atoms with Crippen LogP contribution in [0.25, 0.3) is 0 Å². The monoisotopic (exact) mass is 447 g/mol. The molecule has 0 aliphatic heterocycles. The fourth-order valence-electron chi connectivity index (χ4n) is 2.68. The van der Waals surface area contributed by atoms with Crippen LogP contribution in [0.1, 0.15) is 36.7 Å². The Morgan fingerprint density at radius 3 is 2.48 bits per heavy atom. The maximum Gasteiger partial charge on any atom is 0.262 e. The second kappa shape index (κ2) is 11.2. The molecule has 9 heteroatoms. The number of nitrogens with one attached hydrogen (secondary N) is 2. The van der Waals surface area contributed by atoms with Gasteiger partial charge in [-0.15, -0.1) is 0 Å². The molecule has 0 aliphatic carbocycles. The molecule has 2 amide bonds. The number of aromatic hydroxyl groups is 1. The van der Waals surface area contributed by atoms with E-state index in [0.717, 1.165) is 0 Å². The highest BCUT2D eigenvalue weighted by Crippen LogP contribution is 2.34. The lowest BCUT2D eigenvalue weighted by molar-refractivity contribution is -0.123. The van der Waals surface area contributed by atoms with E-state index in [1.165, 1.54) is 12.3 Å². The molecule has 3 N–H and O–H groups in total. The van der Waals surface area contributed by atoms with Crippen molar-refractivity contribution >= 4 is 29.6 Å². The molecule has 0 saturated heterocycles. The summed E-state index contributed by atoms with van der Waals surface area (Å²) in [7, 11) is 1.54. The van der Waals surface area contributed by atoms with Gasteiger partial charge >= 0.3 is 0 Å². The van der Waals surface area contributed by atoms with Crippen molar-refractivity contribution in [2.24, 2.45) is 11.0 Å². The van der Waals surface area contributed by atoms with Crippen molar-refractivity contribution < 1.29 is 24.2 Å². The van der Waals surface area contributed by atoms with Gasteiger partial charge in [0.05, 0.1) is 25.0 Å². The molecule has 0 saturated carbocycles. The Balaban J connectivity index is 2.06. The lowest BCUT2D eigenvalue weighted by atomic mass is 10.0. The maximum atomic E-state index is 12.6. The highest BCUT2D eigenvalue weighted by atomic mass is 35.5. The molecule has 0 spiro atoms. The third kappa shape index (κ3) is 6.62. The van der Waals surface area contributed by atoms with Gasteiger partial charge in [-0.3, -0.25) is 9.59 Å². The van der Waals surface area contributed by atoms with Crippen LogP contribution in [0.3, 0.4) is 0 Å². The number of rotatable bonds is 9. The quantitative estimate of drug-likeness (QED) is 0.403. The second-order valence-corrected chi connectivity index (χ2v) is 7.35. The van der Waals surface area contributed by atoms with Crippen molar-refractivity contribution in [1.29, 1.82) is 0 Å². The molecule has 0 fully saturated rings. The van der Waals surface area contributed by atoms with Crippen LogP contribution in [-0.2, 0) is 4.79 Å². The Hall–Kier alpha value is -3.26. The van der Waals surface area contributed by atoms with E-state index >= 15 is 0 Å². The summed E-state index contributed by atoms with van der Waals surface area (Å²) in [5.74, 6) is -0.341. The van der Waals surface area contributed by atoms with Crippen molar-refractivity contribution in [2.45, 2.75) is 26.8 Å². The number of phenolic OH excluding ortho intramolecular Hbond substituents is 1. The number of benzene rings is 2. The van der Waals surface area contributed by atoms with Gasteiger partial charge in [-0.1, -0.05) is 25.4 Å². The predicted molar refractivity (Wildman–Crippen MR) is 119 cm³/mol. The SMILES string of the molecule is CCOc1cc(/C=N/NC(=O)C(NC(=O)c2ccc(OC)cc2)C(C)C)cc(Cl)c1O. The standard InChI is InChI=1S/C22H26ClN3O5/c1-5-31-18-11-14(10-17(23)20(18)27)12-24-26-22(29)19(13(2)3)25-21(28)15-6-8-16(30-4)9-7-15/h6-13,19,27H,5H2,1-4H3,(H,25,28)(H,26,29)/b24-12+. The van der Waals surface area contributed by atoms with Crippen LogP contribution >= 0.6 is 11.6 Å². The van der Waals surface area contributed by atoms with Gasteiger partial charge in [0, 0.05) is 5.56 Å². The molecule has 1 atom stereocenters. The fourth-order valence-corrected chi connectivity index (χ4v) is 2.89. The number of amides is 2. The van der Waals surface area contributed by atoms with E-state index in [4.69, 9.17) is 21.1 Å². The Morgan fingerprint density at radius 2 is 1.90 bits per heavy atom. The van der Waals surface area contributed by atoms with Crippen LogP contribution in [0, 0.1) is 5.92 Å². The highest BCUT2D eigenvalue weighted by Gasteiger charge is 2.24. The lowest BCUT2D eigenvalue weighted by Crippen LogP contribution is -2.48. The third-order valence-electron chi connectivity index (χ3n) is 4.33. The number of nitrogens with zero attached hydrogens (tertiary/aromatic N) is 1. The van der Waals surface area contributed by atoms with Crippen molar-refractivity contribution in [1.82, 2.24) is 10.7 Å². The molecule has 31 heavy (non-hydrogen) atoms. The first kappa shape index (κ1) is 24.0. The summed E-state index contributed by atoms with van der Waals surface area (Å²) < 4.78 is 10.4. The number of ether oxygens (including phenoxy) is 2. The summed E-state index contributed by atoms with van der Waals surface area (Å²) in [6.07, 6.45) is 1.37. The van der Waals surface area contributed by atoms with Crippen molar-refractivity contribution in [2.75, 3.05) is 13.7 Å². The summed E-state index contributed by atoms with van der Waals surface area (Å²) in [4.78, 5) is 25.1. The third-order valence-corrected chi connectivity index (χ3v) is 4.62. The first-order chi connectivity index (χ1) is 14.8. The molecule has 0 aromatic heterocycles. The average molecular weight is 448 g/mol. The van der Waals surface area contributed by atoms with Crippen LogP contribution < -0.4 is 20.2 Å². The second-order valence-electron chi connectivity index (χ2n) is 6.94. The first-order valence-electron chi connectivity index (χ1n) is 9.70. The molecule has 2 rings (SSSR count). The Kier molecular flexibility index (Phi) is 8.69. The number of carbonyl (C=O) groups excluding carboxylic acids is 2. The van der Waals surface area contributed by atoms with Gasteiger partial charge in [0.15, 0.2) is 11.5 Å². The summed E-state index contributed by atoms with van der Waals surface area (Å²) in [5.41, 5.74) is 3.35. The molecule has 8 nitrogen and oxygen atoms in total. The van der Waals surface area contributed by atoms with E-state index in [-0.39, 0.29) is 28.3 Å². The van der Waals surface area contributed by atoms with Gasteiger partial charge in [-0.05, 0) is 54.8 Å². The topological polar surface area (TPSA) is 109 Å². The zero-order valence-corrected chi connectivity index (χ0v) is 18.6. The van der Waals surface area contributed by atoms with Gasteiger partial charge < -0.3 is 19.9 Å². The van der Waals surface area contributed by atoms with Gasteiger partial charge in [0.2, 0.25) is 0 Å². The van der Waals surface area contributed by atoms with E-state index in [0.29, 0.717) is 23.5 Å². The minimum absolute atomic E-state index is 0.102. The summed E-state index contributed by atoms with van der Waals surface area (Å²) in [6, 6.07) is 8.81. The van der Waals surface area contributed by atoms with Crippen molar-refractivity contribution in [3.8, 4) is 17.2 Å². The fraction of sp³-hybridized carbons (Fsp3) is 0.318. The van der Waals surface area contributed by atoms with Gasteiger partial charge in [-0.25, -0.2) is 5.43 Å². The number of hydrazone groups is 1. The van der Waals surface area contributed by atoms with Crippen LogP contribution in [0.15, 0.2) is 41.5 Å². The normalized spacial score (nSPS) is 11.9. The Labute approximate surface area is 186 Å². The average Bonchev–Trinajstić information content (AvgIpc) is 2.75. The minimum Gasteiger partial charge on any atom is -0.503 e. The number of hydrogen-bond donors (Lipinski definition) is 3. The largest absolute Gasteiger partial charge is 0.503 e. The summed E-state index contributed by atoms with van der Waals surface area (Å²) in [5, 5.41) is 16.6. The van der Waals surface area contributed by atoms with E-state index in [9.17, 15) is 14.7 Å². The molecule has 0 aliphatic rings. The van der Waals surface area contributed by atoms with Crippen LogP contribution in [0.5, 0.6) is 17.2 Å². The van der Waals surface area contributed by atoms with E-state index in [2.05, 4.69) is 15.8 Å². The van der Waals surface area contributed by atoms with Crippen molar-refractivity contribution in [3.63, 3.8) is 0 Å². The number of methoxy groups -OCH3 is 1. The van der Waals surface area contributed by atoms with E-state index < -0.39 is 11.9 Å². The zero-order chi connectivity index (χ0) is 23.0. The molecular formula is C22H26ClN3O5. The molecule has 0 heterocycles. The predicted octanol–water partition coefficient (Wildman–Crippen LogP) is 3.36. The highest BCUT2D eigenvalue weighted by molar-refractivity contribution is 6.32. The minimum atomic E-state index is -0.797. The van der Waals surface area contributed by atoms with Gasteiger partial charge in [-0.2, -0.15) is 5.10 Å². The molecule has 166 valence electrons. The van der Waals surface area contributed by atoms with Gasteiger partial charge in [0.25, 0.3) is 11.8 Å². The number of halogens is 1. The van der Waals surface area contributed by atoms with Crippen molar-refractivity contribution in [3.05, 3.63) is 52.5 Å². The van der Waals surface area contributed by atoms with Crippen LogP contribution in [0.4, 0.5) is 0 Å². The van der Waals surface area contributed by atoms with Crippen LogP contribution in [-0.4, -0.2) is 42.9 Å². The number of hydrogen-bond acceptors (Lipinski definition) is 6. The zero-order valence-electron chi connectivity index (χ0n) is 17.8. The number of carbonyl (C=O) groups is 2. The lowest BCUT2D eigenvalue weighted by Gasteiger charge is -2.20. The smallest absolute Gasteiger partial charge is 0.262 e. The summed E-state index contributed by atoms with van der Waals surface area (Å²) >= 11 is 5.99. The summed E-state index contributed by atoms with van der Waals surface area (Å²) in [6.45, 7) is 5.76.